The van der Waals surface area contributed by atoms with E-state index in [0.717, 1.165) is 23.0 Å². The number of benzene rings is 3. The zero-order valence-electron chi connectivity index (χ0n) is 12.6. The van der Waals surface area contributed by atoms with E-state index in [-0.39, 0.29) is 0 Å². The van der Waals surface area contributed by atoms with E-state index in [4.69, 9.17) is 11.6 Å². The summed E-state index contributed by atoms with van der Waals surface area (Å²) in [6, 6.07) is 20.1. The molecule has 0 radical (unpaired) electrons. The van der Waals surface area contributed by atoms with Gasteiger partial charge in [-0.2, -0.15) is 0 Å². The minimum absolute atomic E-state index is 0.480. The molecule has 0 spiro atoms. The highest BCUT2D eigenvalue weighted by molar-refractivity contribution is 6.35. The Balaban J connectivity index is 2.24. The third-order valence-corrected chi connectivity index (χ3v) is 4.68. The van der Waals surface area contributed by atoms with Gasteiger partial charge in [0.2, 0.25) is 0 Å². The molecule has 2 nitrogen and oxygen atoms in total. The van der Waals surface area contributed by atoms with Gasteiger partial charge in [-0.05, 0) is 24.6 Å². The molecule has 0 saturated carbocycles. The molecule has 3 aromatic carbocycles. The van der Waals surface area contributed by atoms with Crippen LogP contribution in [0.4, 0.5) is 0 Å². The van der Waals surface area contributed by atoms with Crippen molar-refractivity contribution < 1.29 is 4.79 Å². The Bertz CT molecular complexity index is 1060. The molecule has 3 heteroatoms. The van der Waals surface area contributed by atoms with E-state index in [9.17, 15) is 4.79 Å². The number of aromatic nitrogens is 1. The molecule has 0 fully saturated rings. The number of nitrogens with zero attached hydrogens (tertiary/aromatic N) is 1. The number of aryl methyl sites for hydroxylation is 1. The lowest BCUT2D eigenvalue weighted by Gasteiger charge is -2.12. The Morgan fingerprint density at radius 3 is 2.48 bits per heavy atom. The molecule has 0 bridgehead atoms. The number of carbonyl (C=O) groups excluding carboxylic acids is 1. The zero-order valence-corrected chi connectivity index (χ0v) is 13.3. The molecule has 0 amide bonds. The summed E-state index contributed by atoms with van der Waals surface area (Å²) in [6.07, 6.45) is 0.798. The van der Waals surface area contributed by atoms with Crippen molar-refractivity contribution in [3.05, 3.63) is 76.8 Å². The van der Waals surface area contributed by atoms with E-state index in [1.807, 2.05) is 24.3 Å². The van der Waals surface area contributed by atoms with Gasteiger partial charge in [-0.1, -0.05) is 60.1 Å². The normalized spacial score (nSPS) is 11.2. The molecule has 0 atom stereocenters. The molecule has 4 aromatic rings. The van der Waals surface area contributed by atoms with Crippen molar-refractivity contribution in [2.75, 3.05) is 0 Å². The average Bonchev–Trinajstić information content (AvgIpc) is 2.91. The van der Waals surface area contributed by atoms with Crippen LogP contribution < -0.4 is 0 Å². The van der Waals surface area contributed by atoms with Gasteiger partial charge in [0.15, 0.2) is 6.29 Å². The summed E-state index contributed by atoms with van der Waals surface area (Å²) in [5.41, 5.74) is 4.71. The van der Waals surface area contributed by atoms with E-state index in [0.29, 0.717) is 10.6 Å². The van der Waals surface area contributed by atoms with Crippen LogP contribution in [0.2, 0.25) is 5.02 Å². The largest absolute Gasteiger partial charge is 0.307 e. The van der Waals surface area contributed by atoms with Gasteiger partial charge in [0.1, 0.15) is 0 Å². The van der Waals surface area contributed by atoms with E-state index in [1.54, 1.807) is 6.07 Å². The fraction of sp³-hybridized carbons (Fsp3) is 0.0500. The monoisotopic (exact) mass is 319 g/mol. The highest BCUT2D eigenvalue weighted by Gasteiger charge is 2.16. The molecule has 0 saturated heterocycles. The summed E-state index contributed by atoms with van der Waals surface area (Å²) in [6.45, 7) is 2.09. The minimum Gasteiger partial charge on any atom is -0.307 e. The second-order valence-corrected chi connectivity index (χ2v) is 6.00. The van der Waals surface area contributed by atoms with E-state index in [1.165, 1.54) is 16.3 Å². The molecule has 1 aromatic heterocycles. The molecule has 1 heterocycles. The second-order valence-electron chi connectivity index (χ2n) is 5.62. The number of aldehydes is 1. The number of para-hydroxylation sites is 2. The second kappa shape index (κ2) is 5.25. The topological polar surface area (TPSA) is 22.0 Å². The van der Waals surface area contributed by atoms with Crippen LogP contribution in [-0.4, -0.2) is 10.9 Å². The van der Waals surface area contributed by atoms with Crippen molar-refractivity contribution in [1.29, 1.82) is 0 Å². The van der Waals surface area contributed by atoms with Gasteiger partial charge in [-0.15, -0.1) is 0 Å². The van der Waals surface area contributed by atoms with Crippen LogP contribution in [0.3, 0.4) is 0 Å². The lowest BCUT2D eigenvalue weighted by atomic mass is 10.1. The maximum absolute atomic E-state index is 11.2. The fourth-order valence-electron chi connectivity index (χ4n) is 3.24. The molecule has 0 unspecified atom stereocenters. The first-order chi connectivity index (χ1) is 11.2. The molecule has 23 heavy (non-hydrogen) atoms. The van der Waals surface area contributed by atoms with Gasteiger partial charge < -0.3 is 4.57 Å². The third-order valence-electron chi connectivity index (χ3n) is 4.27. The predicted octanol–water partition coefficient (Wildman–Crippen LogP) is 5.56. The van der Waals surface area contributed by atoms with Crippen molar-refractivity contribution in [2.24, 2.45) is 0 Å². The molecule has 0 aliphatic rings. The van der Waals surface area contributed by atoms with Crippen LogP contribution in [-0.2, 0) is 0 Å². The van der Waals surface area contributed by atoms with E-state index in [2.05, 4.69) is 41.8 Å². The number of hydrogen-bond donors (Lipinski definition) is 0. The van der Waals surface area contributed by atoms with Crippen molar-refractivity contribution in [3.8, 4) is 5.69 Å². The van der Waals surface area contributed by atoms with Crippen LogP contribution in [0.25, 0.3) is 27.5 Å². The standard InChI is InChI=1S/C20H14ClNO/c1-13-6-4-9-16-15-8-2-3-10-17(15)22(20(13)16)18-11-5-7-14(12-23)19(18)21/h2-12H,1H3. The summed E-state index contributed by atoms with van der Waals surface area (Å²) in [7, 11) is 0. The Morgan fingerprint density at radius 2 is 1.65 bits per heavy atom. The Labute approximate surface area is 138 Å². The Hall–Kier alpha value is -2.58. The smallest absolute Gasteiger partial charge is 0.151 e. The summed E-state index contributed by atoms with van der Waals surface area (Å²) in [4.78, 5) is 11.2. The molecular formula is C20H14ClNO. The SMILES string of the molecule is Cc1cccc2c3ccccc3n(-c3cccc(C=O)c3Cl)c12. The number of carbonyl (C=O) groups is 1. The quantitative estimate of drug-likeness (QED) is 0.443. The summed E-state index contributed by atoms with van der Waals surface area (Å²) in [5, 5.41) is 2.85. The van der Waals surface area contributed by atoms with Crippen molar-refractivity contribution in [2.45, 2.75) is 6.92 Å². The molecule has 0 N–H and O–H groups in total. The van der Waals surface area contributed by atoms with Crippen LogP contribution in [0.1, 0.15) is 15.9 Å². The van der Waals surface area contributed by atoms with Gasteiger partial charge in [0.25, 0.3) is 0 Å². The summed E-state index contributed by atoms with van der Waals surface area (Å²) >= 11 is 6.50. The number of hydrogen-bond acceptors (Lipinski definition) is 1. The molecule has 0 aliphatic heterocycles. The lowest BCUT2D eigenvalue weighted by Crippen LogP contribution is -1.98. The summed E-state index contributed by atoms with van der Waals surface area (Å²) in [5.74, 6) is 0. The van der Waals surface area contributed by atoms with Crippen LogP contribution >= 0.6 is 11.6 Å². The number of fused-ring (bicyclic) bond motifs is 3. The van der Waals surface area contributed by atoms with Crippen LogP contribution in [0, 0.1) is 6.92 Å². The molecule has 112 valence electrons. The van der Waals surface area contributed by atoms with Gasteiger partial charge in [-0.25, -0.2) is 0 Å². The third kappa shape index (κ3) is 1.99. The average molecular weight is 320 g/mol. The zero-order chi connectivity index (χ0) is 16.0. The highest BCUT2D eigenvalue weighted by Crippen LogP contribution is 2.36. The lowest BCUT2D eigenvalue weighted by molar-refractivity contribution is 0.112. The minimum atomic E-state index is 0.480. The number of rotatable bonds is 2. The fourth-order valence-corrected chi connectivity index (χ4v) is 3.50. The first-order valence-electron chi connectivity index (χ1n) is 7.45. The van der Waals surface area contributed by atoms with Gasteiger partial charge in [0, 0.05) is 16.3 Å². The Morgan fingerprint density at radius 1 is 0.913 bits per heavy atom. The van der Waals surface area contributed by atoms with E-state index >= 15 is 0 Å². The molecule has 0 aliphatic carbocycles. The van der Waals surface area contributed by atoms with Crippen LogP contribution in [0.5, 0.6) is 0 Å². The Kier molecular flexibility index (Phi) is 3.21. The van der Waals surface area contributed by atoms with Crippen LogP contribution in [0.15, 0.2) is 60.7 Å². The van der Waals surface area contributed by atoms with Gasteiger partial charge >= 0.3 is 0 Å². The van der Waals surface area contributed by atoms with E-state index < -0.39 is 0 Å². The molecular weight excluding hydrogens is 306 g/mol. The predicted molar refractivity (Wildman–Crippen MR) is 95.9 cm³/mol. The first-order valence-corrected chi connectivity index (χ1v) is 7.83. The maximum atomic E-state index is 11.2. The summed E-state index contributed by atoms with van der Waals surface area (Å²) < 4.78 is 2.15. The number of halogens is 1. The highest BCUT2D eigenvalue weighted by atomic mass is 35.5. The molecule has 4 rings (SSSR count). The van der Waals surface area contributed by atoms with Gasteiger partial charge in [0.05, 0.1) is 21.7 Å². The van der Waals surface area contributed by atoms with Crippen molar-refractivity contribution >= 4 is 39.7 Å². The van der Waals surface area contributed by atoms with Crippen molar-refractivity contribution in [1.82, 2.24) is 4.57 Å². The van der Waals surface area contributed by atoms with Crippen molar-refractivity contribution in [3.63, 3.8) is 0 Å². The first kappa shape index (κ1) is 14.0. The maximum Gasteiger partial charge on any atom is 0.151 e. The van der Waals surface area contributed by atoms with Gasteiger partial charge in [-0.3, -0.25) is 4.79 Å².